The first-order valence-corrected chi connectivity index (χ1v) is 8.99. The molecule has 2 aromatic rings. The highest BCUT2D eigenvalue weighted by molar-refractivity contribution is 5.67. The van der Waals surface area contributed by atoms with Crippen molar-refractivity contribution >= 4 is 23.1 Å². The molecule has 26 heavy (non-hydrogen) atoms. The number of aliphatic hydroxyl groups excluding tert-OH is 1. The van der Waals surface area contributed by atoms with Gasteiger partial charge in [0.25, 0.3) is 0 Å². The smallest absolute Gasteiger partial charge is 0.229 e. The molecule has 2 saturated carbocycles. The van der Waals surface area contributed by atoms with Gasteiger partial charge in [0, 0.05) is 18.8 Å². The summed E-state index contributed by atoms with van der Waals surface area (Å²) in [4.78, 5) is 8.88. The van der Waals surface area contributed by atoms with E-state index in [2.05, 4.69) is 25.9 Å². The SMILES string of the molecule is CNc1cnc(Nc2cc(F)ccc2C)nc1NC1CC2(CC(O)C2)C1. The highest BCUT2D eigenvalue weighted by Gasteiger charge is 2.52. The Morgan fingerprint density at radius 3 is 2.65 bits per heavy atom. The molecule has 4 rings (SSSR count). The van der Waals surface area contributed by atoms with Crippen LogP contribution in [-0.4, -0.2) is 34.3 Å². The molecule has 2 aliphatic rings. The van der Waals surface area contributed by atoms with E-state index in [0.29, 0.717) is 23.1 Å². The summed E-state index contributed by atoms with van der Waals surface area (Å²) in [5.74, 6) is 0.859. The first-order chi connectivity index (χ1) is 12.5. The van der Waals surface area contributed by atoms with Crippen molar-refractivity contribution in [2.75, 3.05) is 23.0 Å². The van der Waals surface area contributed by atoms with E-state index in [0.717, 1.165) is 42.8 Å². The maximum atomic E-state index is 13.5. The minimum atomic E-state index is -0.300. The second-order valence-electron chi connectivity index (χ2n) is 7.60. The molecule has 0 amide bonds. The van der Waals surface area contributed by atoms with Gasteiger partial charge in [-0.05, 0) is 55.7 Å². The first-order valence-electron chi connectivity index (χ1n) is 8.99. The number of nitrogens with zero attached hydrogens (tertiary/aromatic N) is 2. The summed E-state index contributed by atoms with van der Waals surface area (Å²) in [5.41, 5.74) is 2.73. The largest absolute Gasteiger partial charge is 0.393 e. The van der Waals surface area contributed by atoms with Gasteiger partial charge in [0.15, 0.2) is 5.82 Å². The lowest BCUT2D eigenvalue weighted by Gasteiger charge is -2.56. The van der Waals surface area contributed by atoms with Crippen molar-refractivity contribution in [2.24, 2.45) is 5.41 Å². The van der Waals surface area contributed by atoms with Crippen LogP contribution >= 0.6 is 0 Å². The molecule has 1 aromatic carbocycles. The molecule has 1 aromatic heterocycles. The second kappa shape index (κ2) is 6.39. The number of aliphatic hydroxyl groups is 1. The van der Waals surface area contributed by atoms with Gasteiger partial charge in [-0.1, -0.05) is 6.07 Å². The molecule has 138 valence electrons. The summed E-state index contributed by atoms with van der Waals surface area (Å²) < 4.78 is 13.5. The summed E-state index contributed by atoms with van der Waals surface area (Å²) in [6, 6.07) is 4.95. The Morgan fingerprint density at radius 1 is 1.19 bits per heavy atom. The van der Waals surface area contributed by atoms with Crippen LogP contribution in [0.4, 0.5) is 27.5 Å². The molecule has 2 aliphatic carbocycles. The molecule has 0 bridgehead atoms. The van der Waals surface area contributed by atoms with Crippen LogP contribution in [0.1, 0.15) is 31.2 Å². The quantitative estimate of drug-likeness (QED) is 0.656. The van der Waals surface area contributed by atoms with Crippen LogP contribution in [0.3, 0.4) is 0 Å². The molecule has 0 aliphatic heterocycles. The third-order valence-electron chi connectivity index (χ3n) is 5.54. The average molecular weight is 357 g/mol. The Kier molecular flexibility index (Phi) is 4.19. The average Bonchev–Trinajstić information content (AvgIpc) is 2.55. The summed E-state index contributed by atoms with van der Waals surface area (Å²) in [6.45, 7) is 1.91. The van der Waals surface area contributed by atoms with E-state index in [1.54, 1.807) is 12.3 Å². The number of hydrogen-bond acceptors (Lipinski definition) is 6. The van der Waals surface area contributed by atoms with Gasteiger partial charge >= 0.3 is 0 Å². The van der Waals surface area contributed by atoms with Crippen molar-refractivity contribution in [1.29, 1.82) is 0 Å². The van der Waals surface area contributed by atoms with E-state index < -0.39 is 0 Å². The van der Waals surface area contributed by atoms with Gasteiger partial charge in [-0.15, -0.1) is 0 Å². The van der Waals surface area contributed by atoms with E-state index in [1.807, 2.05) is 14.0 Å². The summed E-state index contributed by atoms with van der Waals surface area (Å²) in [6.07, 6.45) is 5.55. The fourth-order valence-corrected chi connectivity index (χ4v) is 4.14. The number of benzene rings is 1. The minimum absolute atomic E-state index is 0.117. The molecular formula is C19H24FN5O. The van der Waals surface area contributed by atoms with E-state index in [4.69, 9.17) is 0 Å². The number of halogens is 1. The van der Waals surface area contributed by atoms with E-state index in [1.165, 1.54) is 12.1 Å². The number of rotatable bonds is 5. The van der Waals surface area contributed by atoms with Gasteiger partial charge in [-0.25, -0.2) is 9.37 Å². The molecule has 7 heteroatoms. The molecule has 0 saturated heterocycles. The van der Waals surface area contributed by atoms with E-state index in [9.17, 15) is 9.50 Å². The lowest BCUT2D eigenvalue weighted by atomic mass is 9.53. The van der Waals surface area contributed by atoms with Crippen LogP contribution in [0.5, 0.6) is 0 Å². The van der Waals surface area contributed by atoms with Crippen molar-refractivity contribution in [3.05, 3.63) is 35.8 Å². The normalized spacial score (nSPS) is 26.8. The second-order valence-corrected chi connectivity index (χ2v) is 7.60. The van der Waals surface area contributed by atoms with Crippen LogP contribution in [0.2, 0.25) is 0 Å². The predicted octanol–water partition coefficient (Wildman–Crippen LogP) is 3.42. The molecular weight excluding hydrogens is 333 g/mol. The molecule has 1 spiro atoms. The van der Waals surface area contributed by atoms with Crippen LogP contribution in [0.15, 0.2) is 24.4 Å². The Labute approximate surface area is 152 Å². The highest BCUT2D eigenvalue weighted by atomic mass is 19.1. The number of aryl methyl sites for hydroxylation is 1. The standard InChI is InChI=1S/C19H24FN5O/c1-11-3-4-12(20)5-15(11)24-18-22-10-16(21-2)17(25-18)23-13-6-19(7-13)8-14(26)9-19/h3-5,10,13-14,21,26H,6-9H2,1-2H3,(H2,22,23,24,25). The first kappa shape index (κ1) is 17.0. The van der Waals surface area contributed by atoms with Crippen LogP contribution in [0, 0.1) is 18.2 Å². The maximum absolute atomic E-state index is 13.5. The summed E-state index contributed by atoms with van der Waals surface area (Å²) in [5, 5.41) is 19.2. The number of anilines is 4. The molecule has 6 nitrogen and oxygen atoms in total. The van der Waals surface area contributed by atoms with Crippen molar-refractivity contribution in [3.8, 4) is 0 Å². The zero-order chi connectivity index (χ0) is 18.3. The molecule has 4 N–H and O–H groups in total. The van der Waals surface area contributed by atoms with Crippen molar-refractivity contribution in [3.63, 3.8) is 0 Å². The maximum Gasteiger partial charge on any atom is 0.229 e. The van der Waals surface area contributed by atoms with Gasteiger partial charge in [-0.3, -0.25) is 0 Å². The molecule has 0 radical (unpaired) electrons. The Bertz CT molecular complexity index is 814. The van der Waals surface area contributed by atoms with Gasteiger partial charge in [0.1, 0.15) is 5.82 Å². The Balaban J connectivity index is 1.48. The molecule has 0 atom stereocenters. The highest BCUT2D eigenvalue weighted by Crippen LogP contribution is 2.56. The Hall–Kier alpha value is -2.41. The van der Waals surface area contributed by atoms with Gasteiger partial charge in [-0.2, -0.15) is 4.98 Å². The van der Waals surface area contributed by atoms with Crippen LogP contribution in [0.25, 0.3) is 0 Å². The summed E-state index contributed by atoms with van der Waals surface area (Å²) >= 11 is 0. The lowest BCUT2D eigenvalue weighted by Crippen LogP contribution is -2.54. The van der Waals surface area contributed by atoms with Crippen molar-refractivity contribution in [1.82, 2.24) is 9.97 Å². The number of hydrogen-bond donors (Lipinski definition) is 4. The number of aromatic nitrogens is 2. The topological polar surface area (TPSA) is 82.1 Å². The van der Waals surface area contributed by atoms with Gasteiger partial charge < -0.3 is 21.1 Å². The van der Waals surface area contributed by atoms with Gasteiger partial charge in [0.05, 0.1) is 18.0 Å². The summed E-state index contributed by atoms with van der Waals surface area (Å²) in [7, 11) is 1.83. The fraction of sp³-hybridized carbons (Fsp3) is 0.474. The molecule has 0 unspecified atom stereocenters. The molecule has 2 fully saturated rings. The minimum Gasteiger partial charge on any atom is -0.393 e. The zero-order valence-corrected chi connectivity index (χ0v) is 15.0. The van der Waals surface area contributed by atoms with Gasteiger partial charge in [0.2, 0.25) is 5.95 Å². The van der Waals surface area contributed by atoms with Crippen molar-refractivity contribution < 1.29 is 9.50 Å². The zero-order valence-electron chi connectivity index (χ0n) is 15.0. The van der Waals surface area contributed by atoms with E-state index in [-0.39, 0.29) is 11.9 Å². The van der Waals surface area contributed by atoms with Crippen LogP contribution < -0.4 is 16.0 Å². The third kappa shape index (κ3) is 3.19. The predicted molar refractivity (Wildman–Crippen MR) is 100 cm³/mol. The monoisotopic (exact) mass is 357 g/mol. The third-order valence-corrected chi connectivity index (χ3v) is 5.54. The van der Waals surface area contributed by atoms with E-state index >= 15 is 0 Å². The van der Waals surface area contributed by atoms with Crippen molar-refractivity contribution in [2.45, 2.75) is 44.8 Å². The van der Waals surface area contributed by atoms with Crippen LogP contribution in [-0.2, 0) is 0 Å². The number of nitrogens with one attached hydrogen (secondary N) is 3. The Morgan fingerprint density at radius 2 is 1.96 bits per heavy atom. The lowest BCUT2D eigenvalue weighted by molar-refractivity contribution is -0.0868. The fourth-order valence-electron chi connectivity index (χ4n) is 4.14. The molecule has 1 heterocycles.